The maximum absolute atomic E-state index is 15.5. The van der Waals surface area contributed by atoms with Crippen LogP contribution < -0.4 is 5.73 Å². The van der Waals surface area contributed by atoms with Crippen molar-refractivity contribution in [3.05, 3.63) is 59.2 Å². The topological polar surface area (TPSA) is 71.4 Å². The lowest BCUT2D eigenvalue weighted by Gasteiger charge is -2.42. The first-order chi connectivity index (χ1) is 13.4. The third-order valence-corrected chi connectivity index (χ3v) is 5.21. The molecule has 0 bridgehead atoms. The maximum Gasteiger partial charge on any atom is 0.304 e. The summed E-state index contributed by atoms with van der Waals surface area (Å²) in [5.74, 6) is -5.48. The van der Waals surface area contributed by atoms with E-state index in [-0.39, 0.29) is 29.1 Å². The molecule has 0 saturated heterocycles. The first-order valence-corrected chi connectivity index (χ1v) is 8.79. The van der Waals surface area contributed by atoms with Crippen molar-refractivity contribution in [2.75, 3.05) is 6.61 Å². The molecule has 0 amide bonds. The van der Waals surface area contributed by atoms with Crippen LogP contribution in [0.3, 0.4) is 0 Å². The monoisotopic (exact) mass is 405 g/mol. The second-order valence-corrected chi connectivity index (χ2v) is 7.55. The third kappa shape index (κ3) is 3.25. The number of hydrogen-bond acceptors (Lipinski definition) is 4. The van der Waals surface area contributed by atoms with E-state index in [0.717, 1.165) is 25.1 Å². The summed E-state index contributed by atoms with van der Waals surface area (Å²) in [5, 5.41) is 9.05. The van der Waals surface area contributed by atoms with Gasteiger partial charge in [-0.25, -0.2) is 17.6 Å². The van der Waals surface area contributed by atoms with Crippen molar-refractivity contribution >= 4 is 5.84 Å². The van der Waals surface area contributed by atoms with Gasteiger partial charge in [-0.2, -0.15) is 5.26 Å². The number of rotatable bonds is 2. The Bertz CT molecular complexity index is 1040. The molecule has 0 spiro atoms. The molecule has 4 nitrogen and oxygen atoms in total. The van der Waals surface area contributed by atoms with E-state index in [1.807, 2.05) is 6.07 Å². The Morgan fingerprint density at radius 1 is 1.07 bits per heavy atom. The molecule has 1 aliphatic rings. The number of amidine groups is 1. The number of ether oxygens (including phenoxy) is 1. The minimum Gasteiger partial charge on any atom is -0.385 e. The van der Waals surface area contributed by atoms with Crippen LogP contribution in [0.4, 0.5) is 17.6 Å². The number of nitriles is 1. The zero-order valence-corrected chi connectivity index (χ0v) is 16.1. The summed E-state index contributed by atoms with van der Waals surface area (Å²) in [7, 11) is 0. The molecule has 1 aliphatic heterocycles. The van der Waals surface area contributed by atoms with Gasteiger partial charge in [-0.15, -0.1) is 0 Å². The molecule has 2 aromatic rings. The first-order valence-electron chi connectivity index (χ1n) is 8.79. The fraction of sp³-hybridized carbons (Fsp3) is 0.333. The van der Waals surface area contributed by atoms with E-state index >= 15 is 8.78 Å². The van der Waals surface area contributed by atoms with Crippen molar-refractivity contribution in [1.82, 2.24) is 0 Å². The fourth-order valence-corrected chi connectivity index (χ4v) is 3.43. The summed E-state index contributed by atoms with van der Waals surface area (Å²) in [6.45, 7) is 3.09. The molecule has 1 heterocycles. The minimum atomic E-state index is -3.66. The van der Waals surface area contributed by atoms with Crippen LogP contribution in [0.15, 0.2) is 41.4 Å². The molecule has 0 fully saturated rings. The van der Waals surface area contributed by atoms with Gasteiger partial charge in [-0.1, -0.05) is 6.07 Å². The second kappa shape index (κ2) is 6.85. The van der Waals surface area contributed by atoms with Crippen LogP contribution >= 0.6 is 0 Å². The summed E-state index contributed by atoms with van der Waals surface area (Å²) < 4.78 is 65.3. The van der Waals surface area contributed by atoms with E-state index in [2.05, 4.69) is 4.99 Å². The van der Waals surface area contributed by atoms with Gasteiger partial charge < -0.3 is 10.5 Å². The zero-order chi connectivity index (χ0) is 21.6. The maximum atomic E-state index is 15.5. The van der Waals surface area contributed by atoms with E-state index in [4.69, 9.17) is 15.7 Å². The van der Waals surface area contributed by atoms with Crippen molar-refractivity contribution in [2.45, 2.75) is 37.8 Å². The van der Waals surface area contributed by atoms with E-state index < -0.39 is 34.3 Å². The predicted octanol–water partition coefficient (Wildman–Crippen LogP) is 4.52. The van der Waals surface area contributed by atoms with Gasteiger partial charge in [0.15, 0.2) is 5.54 Å². The Morgan fingerprint density at radius 2 is 1.72 bits per heavy atom. The van der Waals surface area contributed by atoms with Crippen LogP contribution in [-0.2, 0) is 10.3 Å². The number of hydrogen-bond donors (Lipinski definition) is 1. The molecule has 152 valence electrons. The van der Waals surface area contributed by atoms with Crippen molar-refractivity contribution < 1.29 is 22.3 Å². The third-order valence-electron chi connectivity index (χ3n) is 5.21. The molecule has 3 rings (SSSR count). The Kier molecular flexibility index (Phi) is 4.91. The van der Waals surface area contributed by atoms with Gasteiger partial charge >= 0.3 is 5.92 Å². The molecule has 0 aromatic heterocycles. The van der Waals surface area contributed by atoms with Gasteiger partial charge in [0.05, 0.1) is 11.6 Å². The van der Waals surface area contributed by atoms with Crippen molar-refractivity contribution in [1.29, 1.82) is 5.26 Å². The van der Waals surface area contributed by atoms with E-state index in [9.17, 15) is 8.78 Å². The Morgan fingerprint density at radius 3 is 2.38 bits per heavy atom. The van der Waals surface area contributed by atoms with E-state index in [1.54, 1.807) is 0 Å². The molecule has 29 heavy (non-hydrogen) atoms. The Balaban J connectivity index is 2.27. The van der Waals surface area contributed by atoms with Crippen molar-refractivity contribution in [3.63, 3.8) is 0 Å². The number of aliphatic imine (C=N–C) groups is 1. The van der Waals surface area contributed by atoms with Gasteiger partial charge in [0, 0.05) is 11.1 Å². The highest BCUT2D eigenvalue weighted by molar-refractivity contribution is 5.82. The van der Waals surface area contributed by atoms with Crippen molar-refractivity contribution in [3.8, 4) is 17.2 Å². The second-order valence-electron chi connectivity index (χ2n) is 7.55. The molecule has 2 N–H and O–H groups in total. The molecular weight excluding hydrogens is 386 g/mol. The van der Waals surface area contributed by atoms with Gasteiger partial charge in [0.1, 0.15) is 29.7 Å². The highest BCUT2D eigenvalue weighted by Gasteiger charge is 2.63. The van der Waals surface area contributed by atoms with Crippen LogP contribution in [0.2, 0.25) is 0 Å². The molecule has 1 atom stereocenters. The summed E-state index contributed by atoms with van der Waals surface area (Å²) in [5.41, 5.74) is 1.16. The normalized spacial score (nSPS) is 23.0. The lowest BCUT2D eigenvalue weighted by Crippen LogP contribution is -2.56. The number of nitrogens with zero attached hydrogens (tertiary/aromatic N) is 2. The Labute approximate surface area is 165 Å². The van der Waals surface area contributed by atoms with Gasteiger partial charge in [0.25, 0.3) is 0 Å². The number of nitrogens with two attached hydrogens (primary N) is 1. The Hall–Kier alpha value is -2.92. The summed E-state index contributed by atoms with van der Waals surface area (Å²) in [6.07, 6.45) is 0. The average Bonchev–Trinajstić information content (AvgIpc) is 2.72. The van der Waals surface area contributed by atoms with Crippen LogP contribution in [-0.4, -0.2) is 24.0 Å². The molecular formula is C21H19F4N3O. The summed E-state index contributed by atoms with van der Waals surface area (Å²) >= 11 is 0. The van der Waals surface area contributed by atoms with Gasteiger partial charge in [0.2, 0.25) is 0 Å². The average molecular weight is 405 g/mol. The van der Waals surface area contributed by atoms with Gasteiger partial charge in [-0.3, -0.25) is 4.99 Å². The van der Waals surface area contributed by atoms with Gasteiger partial charge in [-0.05, 0) is 56.7 Å². The molecule has 0 unspecified atom stereocenters. The van der Waals surface area contributed by atoms with E-state index in [1.165, 1.54) is 32.0 Å². The quantitative estimate of drug-likeness (QED) is 0.747. The largest absolute Gasteiger partial charge is 0.385 e. The lowest BCUT2D eigenvalue weighted by molar-refractivity contribution is -0.214. The highest BCUT2D eigenvalue weighted by Crippen LogP contribution is 2.51. The molecule has 0 radical (unpaired) electrons. The predicted molar refractivity (Wildman–Crippen MR) is 100 cm³/mol. The SMILES string of the molecule is CC1(C)OCC(N)=N[C@](C)(c2cc(-c3cc(C#N)ccc3F)ccc2F)C1(F)F. The van der Waals surface area contributed by atoms with Crippen LogP contribution in [0, 0.1) is 23.0 Å². The lowest BCUT2D eigenvalue weighted by atomic mass is 9.77. The number of benzene rings is 2. The number of alkyl halides is 2. The summed E-state index contributed by atoms with van der Waals surface area (Å²) in [4.78, 5) is 3.91. The van der Waals surface area contributed by atoms with Crippen LogP contribution in [0.25, 0.3) is 11.1 Å². The number of halogens is 4. The minimum absolute atomic E-state index is 0.0155. The molecule has 8 heteroatoms. The molecule has 2 aromatic carbocycles. The smallest absolute Gasteiger partial charge is 0.304 e. The fourth-order valence-electron chi connectivity index (χ4n) is 3.43. The van der Waals surface area contributed by atoms with E-state index in [0.29, 0.717) is 0 Å². The van der Waals surface area contributed by atoms with Crippen LogP contribution in [0.5, 0.6) is 0 Å². The zero-order valence-electron chi connectivity index (χ0n) is 16.1. The van der Waals surface area contributed by atoms with Crippen LogP contribution in [0.1, 0.15) is 31.9 Å². The molecule has 0 aliphatic carbocycles. The van der Waals surface area contributed by atoms with Crippen molar-refractivity contribution in [2.24, 2.45) is 10.7 Å². The highest BCUT2D eigenvalue weighted by atomic mass is 19.3. The standard InChI is InChI=1S/C21H19F4N3O/c1-19(2)21(24,25)20(3,28-18(27)11-29-19)15-9-13(5-7-17(15)23)14-8-12(10-26)4-6-16(14)22/h4-9H,11H2,1-3H3,(H2,27,28)/t20-/m1/s1. The summed E-state index contributed by atoms with van der Waals surface area (Å²) in [6, 6.07) is 8.86. The molecule has 0 saturated carbocycles. The first kappa shape index (κ1) is 20.8.